The number of rotatable bonds is 3. The van der Waals surface area contributed by atoms with Crippen molar-refractivity contribution in [1.29, 1.82) is 0 Å². The molecular formula is C11H16ClNO. The first-order chi connectivity index (χ1) is 6.52. The van der Waals surface area contributed by atoms with Gasteiger partial charge in [0.2, 0.25) is 0 Å². The van der Waals surface area contributed by atoms with Gasteiger partial charge in [-0.3, -0.25) is 0 Å². The Bertz CT molecular complexity index is 299. The molecule has 0 aliphatic carbocycles. The van der Waals surface area contributed by atoms with Gasteiger partial charge in [-0.25, -0.2) is 0 Å². The summed E-state index contributed by atoms with van der Waals surface area (Å²) in [6, 6.07) is 7.84. The fourth-order valence-electron chi connectivity index (χ4n) is 1.28. The molecule has 0 aliphatic heterocycles. The van der Waals surface area contributed by atoms with E-state index in [-0.39, 0.29) is 0 Å². The van der Waals surface area contributed by atoms with Crippen molar-refractivity contribution in [3.8, 4) is 0 Å². The first kappa shape index (κ1) is 11.5. The van der Waals surface area contributed by atoms with Crippen LogP contribution in [-0.4, -0.2) is 16.6 Å². The summed E-state index contributed by atoms with van der Waals surface area (Å²) in [5.41, 5.74) is 2.04. The first-order valence-electron chi connectivity index (χ1n) is 4.69. The van der Waals surface area contributed by atoms with Crippen molar-refractivity contribution in [2.45, 2.75) is 26.0 Å². The third kappa shape index (κ3) is 2.71. The van der Waals surface area contributed by atoms with Crippen LogP contribution in [-0.2, 0) is 0 Å². The van der Waals surface area contributed by atoms with Gasteiger partial charge in [-0.1, -0.05) is 38.1 Å². The molecule has 0 saturated carbocycles. The molecule has 0 aromatic heterocycles. The molecule has 2 nitrogen and oxygen atoms in total. The van der Waals surface area contributed by atoms with E-state index in [0.29, 0.717) is 5.92 Å². The summed E-state index contributed by atoms with van der Waals surface area (Å²) in [5.74, 6) is 0.461. The fraction of sp³-hybridized carbons (Fsp3) is 0.455. The standard InChI is InChI=1S/C11H16ClNO/c1-8(2)9-5-4-6-10(7-9)11(14)13(3)12/h4-8,11,14H,1-3H3/t11-/m0/s1. The van der Waals surface area contributed by atoms with Crippen LogP contribution in [0.5, 0.6) is 0 Å². The first-order valence-corrected chi connectivity index (χ1v) is 5.02. The second kappa shape index (κ2) is 4.78. The second-order valence-corrected chi connectivity index (χ2v) is 4.26. The van der Waals surface area contributed by atoms with Gasteiger partial charge >= 0.3 is 0 Å². The summed E-state index contributed by atoms with van der Waals surface area (Å²) >= 11 is 5.68. The Kier molecular flexibility index (Phi) is 3.93. The lowest BCUT2D eigenvalue weighted by atomic mass is 10.0. The highest BCUT2D eigenvalue weighted by atomic mass is 35.5. The molecule has 1 N–H and O–H groups in total. The van der Waals surface area contributed by atoms with Crippen LogP contribution in [0.15, 0.2) is 24.3 Å². The van der Waals surface area contributed by atoms with Crippen molar-refractivity contribution >= 4 is 11.8 Å². The molecule has 3 heteroatoms. The number of aliphatic hydroxyl groups is 1. The number of hydrogen-bond donors (Lipinski definition) is 1. The molecule has 78 valence electrons. The zero-order valence-electron chi connectivity index (χ0n) is 8.74. The van der Waals surface area contributed by atoms with Crippen LogP contribution in [0.1, 0.15) is 37.1 Å². The molecule has 1 atom stereocenters. The van der Waals surface area contributed by atoms with Gasteiger partial charge in [0.05, 0.1) is 0 Å². The van der Waals surface area contributed by atoms with Crippen molar-refractivity contribution in [1.82, 2.24) is 4.42 Å². The summed E-state index contributed by atoms with van der Waals surface area (Å²) in [6.07, 6.45) is -0.740. The predicted octanol–water partition coefficient (Wildman–Crippen LogP) is 2.89. The Balaban J connectivity index is 2.93. The predicted molar refractivity (Wildman–Crippen MR) is 59.1 cm³/mol. The zero-order valence-corrected chi connectivity index (χ0v) is 9.49. The van der Waals surface area contributed by atoms with Crippen molar-refractivity contribution in [2.75, 3.05) is 7.05 Å². The van der Waals surface area contributed by atoms with E-state index < -0.39 is 6.23 Å². The van der Waals surface area contributed by atoms with E-state index in [1.165, 1.54) is 9.98 Å². The average molecular weight is 214 g/mol. The minimum absolute atomic E-state index is 0.461. The van der Waals surface area contributed by atoms with Crippen LogP contribution in [0.4, 0.5) is 0 Å². The van der Waals surface area contributed by atoms with E-state index in [2.05, 4.69) is 19.9 Å². The molecule has 1 aromatic rings. The Morgan fingerprint density at radius 1 is 1.29 bits per heavy atom. The van der Waals surface area contributed by atoms with Gasteiger partial charge < -0.3 is 5.11 Å². The van der Waals surface area contributed by atoms with Crippen molar-refractivity contribution in [3.05, 3.63) is 35.4 Å². The Morgan fingerprint density at radius 3 is 2.36 bits per heavy atom. The lowest BCUT2D eigenvalue weighted by Crippen LogP contribution is -2.14. The maximum atomic E-state index is 9.70. The van der Waals surface area contributed by atoms with Crippen LogP contribution in [0.2, 0.25) is 0 Å². The maximum absolute atomic E-state index is 9.70. The summed E-state index contributed by atoms with van der Waals surface area (Å²) in [4.78, 5) is 0. The minimum atomic E-state index is -0.740. The van der Waals surface area contributed by atoms with Gasteiger partial charge in [-0.15, -0.1) is 0 Å². The van der Waals surface area contributed by atoms with Gasteiger partial charge in [0.15, 0.2) is 0 Å². The van der Waals surface area contributed by atoms with Crippen LogP contribution < -0.4 is 0 Å². The maximum Gasteiger partial charge on any atom is 0.146 e. The molecule has 0 heterocycles. The molecule has 0 saturated heterocycles. The molecule has 0 fully saturated rings. The number of halogens is 1. The average Bonchev–Trinajstić information content (AvgIpc) is 2.16. The van der Waals surface area contributed by atoms with E-state index in [4.69, 9.17) is 11.8 Å². The van der Waals surface area contributed by atoms with Crippen molar-refractivity contribution in [2.24, 2.45) is 0 Å². The highest BCUT2D eigenvalue weighted by Gasteiger charge is 2.12. The smallest absolute Gasteiger partial charge is 0.146 e. The van der Waals surface area contributed by atoms with Crippen molar-refractivity contribution < 1.29 is 5.11 Å². The third-order valence-corrected chi connectivity index (χ3v) is 2.40. The number of benzene rings is 1. The summed E-state index contributed by atoms with van der Waals surface area (Å²) in [5, 5.41) is 9.70. The quantitative estimate of drug-likeness (QED) is 0.617. The fourth-order valence-corrected chi connectivity index (χ4v) is 1.40. The lowest BCUT2D eigenvalue weighted by Gasteiger charge is -2.17. The molecule has 0 radical (unpaired) electrons. The van der Waals surface area contributed by atoms with Gasteiger partial charge in [0.25, 0.3) is 0 Å². The van der Waals surface area contributed by atoms with Crippen LogP contribution in [0.3, 0.4) is 0 Å². The van der Waals surface area contributed by atoms with Gasteiger partial charge in [-0.2, -0.15) is 4.42 Å². The normalized spacial score (nSPS) is 13.6. The Hall–Kier alpha value is -0.570. The van der Waals surface area contributed by atoms with Gasteiger partial charge in [0, 0.05) is 7.05 Å². The van der Waals surface area contributed by atoms with E-state index in [1.807, 2.05) is 18.2 Å². The summed E-state index contributed by atoms with van der Waals surface area (Å²) in [7, 11) is 1.63. The summed E-state index contributed by atoms with van der Waals surface area (Å²) < 4.78 is 1.26. The number of nitrogens with zero attached hydrogens (tertiary/aromatic N) is 1. The highest BCUT2D eigenvalue weighted by molar-refractivity contribution is 6.13. The third-order valence-electron chi connectivity index (χ3n) is 2.21. The monoisotopic (exact) mass is 213 g/mol. The molecule has 0 spiro atoms. The molecule has 14 heavy (non-hydrogen) atoms. The van der Waals surface area contributed by atoms with E-state index in [9.17, 15) is 5.11 Å². The topological polar surface area (TPSA) is 23.5 Å². The second-order valence-electron chi connectivity index (χ2n) is 3.72. The number of aliphatic hydroxyl groups excluding tert-OH is 1. The lowest BCUT2D eigenvalue weighted by molar-refractivity contribution is 0.0801. The molecule has 0 unspecified atom stereocenters. The van der Waals surface area contributed by atoms with Crippen LogP contribution in [0, 0.1) is 0 Å². The zero-order chi connectivity index (χ0) is 10.7. The summed E-state index contributed by atoms with van der Waals surface area (Å²) in [6.45, 7) is 4.24. The van der Waals surface area contributed by atoms with Crippen LogP contribution in [0.25, 0.3) is 0 Å². The molecule has 1 rings (SSSR count). The van der Waals surface area contributed by atoms with E-state index in [1.54, 1.807) is 7.05 Å². The van der Waals surface area contributed by atoms with Crippen molar-refractivity contribution in [3.63, 3.8) is 0 Å². The number of hydrogen-bond acceptors (Lipinski definition) is 2. The Morgan fingerprint density at radius 2 is 1.86 bits per heavy atom. The highest BCUT2D eigenvalue weighted by Crippen LogP contribution is 2.22. The molecule has 0 aliphatic rings. The molecular weight excluding hydrogens is 198 g/mol. The molecule has 0 bridgehead atoms. The van der Waals surface area contributed by atoms with E-state index in [0.717, 1.165) is 5.56 Å². The van der Waals surface area contributed by atoms with Crippen LogP contribution >= 0.6 is 11.8 Å². The molecule has 1 aromatic carbocycles. The van der Waals surface area contributed by atoms with E-state index >= 15 is 0 Å². The molecule has 0 amide bonds. The minimum Gasteiger partial charge on any atom is -0.373 e. The largest absolute Gasteiger partial charge is 0.373 e. The SMILES string of the molecule is CC(C)c1cccc([C@H](O)N(C)Cl)c1. The van der Waals surface area contributed by atoms with Gasteiger partial charge in [-0.05, 0) is 28.8 Å². The van der Waals surface area contributed by atoms with Gasteiger partial charge in [0.1, 0.15) is 6.23 Å². The Labute approximate surface area is 90.2 Å².